The maximum atomic E-state index is 11.9. The molecule has 6 heteroatoms. The lowest BCUT2D eigenvalue weighted by Crippen LogP contribution is -2.47. The highest BCUT2D eigenvalue weighted by Gasteiger charge is 2.23. The monoisotopic (exact) mass is 269 g/mol. The van der Waals surface area contributed by atoms with Crippen LogP contribution in [0.2, 0.25) is 0 Å². The molecule has 2 heterocycles. The molecule has 1 aliphatic rings. The van der Waals surface area contributed by atoms with Crippen molar-refractivity contribution in [1.82, 2.24) is 14.6 Å². The molecule has 1 fully saturated rings. The number of likely N-dealkylation sites (tertiary alicyclic amines) is 1. The molecule has 1 unspecified atom stereocenters. The van der Waals surface area contributed by atoms with Crippen molar-refractivity contribution in [2.24, 2.45) is 0 Å². The smallest absolute Gasteiger partial charge is 0.271 e. The van der Waals surface area contributed by atoms with Crippen LogP contribution >= 0.6 is 11.5 Å². The van der Waals surface area contributed by atoms with Gasteiger partial charge in [0.2, 0.25) is 0 Å². The lowest BCUT2D eigenvalue weighted by molar-refractivity contribution is 0.00141. The van der Waals surface area contributed by atoms with Gasteiger partial charge in [0.05, 0.1) is 0 Å². The van der Waals surface area contributed by atoms with E-state index in [0.717, 1.165) is 30.8 Å². The number of aliphatic hydroxyl groups is 1. The van der Waals surface area contributed by atoms with Crippen LogP contribution in [0.1, 0.15) is 35.1 Å². The number of amides is 1. The first-order valence-corrected chi connectivity index (χ1v) is 7.00. The molecule has 0 aromatic carbocycles. The van der Waals surface area contributed by atoms with Gasteiger partial charge in [-0.1, -0.05) is 0 Å². The largest absolute Gasteiger partial charge is 0.379 e. The Hall–Kier alpha value is -0.980. The van der Waals surface area contributed by atoms with Crippen LogP contribution in [0.25, 0.3) is 0 Å². The SMILES string of the molecule is Cc1cc(C(=O)NC2CCN(C(C)O)CC2)ns1. The van der Waals surface area contributed by atoms with E-state index in [4.69, 9.17) is 0 Å². The average molecular weight is 269 g/mol. The molecular weight excluding hydrogens is 250 g/mol. The third kappa shape index (κ3) is 3.28. The van der Waals surface area contributed by atoms with Gasteiger partial charge in [0.15, 0.2) is 0 Å². The maximum absolute atomic E-state index is 11.9. The van der Waals surface area contributed by atoms with Gasteiger partial charge in [-0.2, -0.15) is 4.37 Å². The summed E-state index contributed by atoms with van der Waals surface area (Å²) in [7, 11) is 0. The Morgan fingerprint density at radius 3 is 2.78 bits per heavy atom. The number of hydrogen-bond acceptors (Lipinski definition) is 5. The van der Waals surface area contributed by atoms with Crippen LogP contribution in [-0.4, -0.2) is 45.6 Å². The van der Waals surface area contributed by atoms with Gasteiger partial charge in [-0.25, -0.2) is 0 Å². The summed E-state index contributed by atoms with van der Waals surface area (Å²) in [6.45, 7) is 5.35. The minimum atomic E-state index is -0.400. The summed E-state index contributed by atoms with van der Waals surface area (Å²) in [6, 6.07) is 2.00. The van der Waals surface area contributed by atoms with Crippen molar-refractivity contribution in [2.75, 3.05) is 13.1 Å². The van der Waals surface area contributed by atoms with E-state index in [2.05, 4.69) is 9.69 Å². The van der Waals surface area contributed by atoms with E-state index in [9.17, 15) is 9.90 Å². The fourth-order valence-corrected chi connectivity index (χ4v) is 2.69. The number of carbonyl (C=O) groups excluding carboxylic acids is 1. The first kappa shape index (κ1) is 13.5. The summed E-state index contributed by atoms with van der Waals surface area (Å²) < 4.78 is 4.10. The quantitative estimate of drug-likeness (QED) is 0.858. The number of piperidine rings is 1. The number of nitrogens with one attached hydrogen (secondary N) is 1. The zero-order chi connectivity index (χ0) is 13.1. The van der Waals surface area contributed by atoms with E-state index in [1.807, 2.05) is 17.9 Å². The Morgan fingerprint density at radius 1 is 1.61 bits per heavy atom. The number of hydrogen-bond donors (Lipinski definition) is 2. The summed E-state index contributed by atoms with van der Waals surface area (Å²) in [4.78, 5) is 15.0. The lowest BCUT2D eigenvalue weighted by Gasteiger charge is -2.33. The molecular formula is C12H19N3O2S. The van der Waals surface area contributed by atoms with Crippen molar-refractivity contribution < 1.29 is 9.90 Å². The molecule has 0 saturated carbocycles. The molecule has 0 radical (unpaired) electrons. The van der Waals surface area contributed by atoms with E-state index < -0.39 is 6.23 Å². The number of aliphatic hydroxyl groups excluding tert-OH is 1. The van der Waals surface area contributed by atoms with Crippen LogP contribution in [-0.2, 0) is 0 Å². The predicted molar refractivity (Wildman–Crippen MR) is 70.6 cm³/mol. The van der Waals surface area contributed by atoms with E-state index in [0.29, 0.717) is 5.69 Å². The Bertz CT molecular complexity index is 411. The molecule has 2 N–H and O–H groups in total. The standard InChI is InChI=1S/C12H19N3O2S/c1-8-7-11(14-18-8)12(17)13-10-3-5-15(6-4-10)9(2)16/h7,9-10,16H,3-6H2,1-2H3,(H,13,17). The number of aromatic nitrogens is 1. The first-order chi connectivity index (χ1) is 8.56. The second-order valence-electron chi connectivity index (χ2n) is 4.74. The van der Waals surface area contributed by atoms with Crippen LogP contribution in [0.15, 0.2) is 6.07 Å². The molecule has 2 rings (SSSR count). The summed E-state index contributed by atoms with van der Waals surface area (Å²) in [6.07, 6.45) is 1.35. The van der Waals surface area contributed by atoms with Gasteiger partial charge in [0.1, 0.15) is 11.9 Å². The van der Waals surface area contributed by atoms with Crippen molar-refractivity contribution in [1.29, 1.82) is 0 Å². The van der Waals surface area contributed by atoms with E-state index in [1.54, 1.807) is 6.92 Å². The van der Waals surface area contributed by atoms with Gasteiger partial charge in [-0.3, -0.25) is 9.69 Å². The molecule has 1 aromatic heterocycles. The van der Waals surface area contributed by atoms with Crippen molar-refractivity contribution in [3.63, 3.8) is 0 Å². The molecule has 1 amide bonds. The van der Waals surface area contributed by atoms with Crippen LogP contribution < -0.4 is 5.32 Å². The molecule has 0 bridgehead atoms. The maximum Gasteiger partial charge on any atom is 0.271 e. The summed E-state index contributed by atoms with van der Waals surface area (Å²) >= 11 is 1.35. The Labute approximate surface area is 111 Å². The minimum Gasteiger partial charge on any atom is -0.379 e. The predicted octanol–water partition coefficient (Wildman–Crippen LogP) is 0.984. The van der Waals surface area contributed by atoms with E-state index in [1.165, 1.54) is 11.5 Å². The fourth-order valence-electron chi connectivity index (χ4n) is 2.15. The normalized spacial score (nSPS) is 19.7. The van der Waals surface area contributed by atoms with Crippen molar-refractivity contribution in [3.05, 3.63) is 16.6 Å². The van der Waals surface area contributed by atoms with Gasteiger partial charge in [0.25, 0.3) is 5.91 Å². The van der Waals surface area contributed by atoms with Crippen molar-refractivity contribution in [3.8, 4) is 0 Å². The van der Waals surface area contributed by atoms with Crippen molar-refractivity contribution in [2.45, 2.75) is 39.0 Å². The van der Waals surface area contributed by atoms with Gasteiger partial charge in [-0.05, 0) is 44.3 Å². The fraction of sp³-hybridized carbons (Fsp3) is 0.667. The molecule has 5 nitrogen and oxygen atoms in total. The number of carbonyl (C=O) groups is 1. The lowest BCUT2D eigenvalue weighted by atomic mass is 10.0. The van der Waals surface area contributed by atoms with Crippen LogP contribution in [0, 0.1) is 6.92 Å². The summed E-state index contributed by atoms with van der Waals surface area (Å²) in [5, 5.41) is 12.5. The first-order valence-electron chi connectivity index (χ1n) is 6.22. The Kier molecular flexibility index (Phi) is 4.31. The summed E-state index contributed by atoms with van der Waals surface area (Å²) in [5.74, 6) is -0.0881. The van der Waals surface area contributed by atoms with Crippen LogP contribution in [0.3, 0.4) is 0 Å². The molecule has 1 aromatic rings. The van der Waals surface area contributed by atoms with Gasteiger partial charge in [0, 0.05) is 24.0 Å². The Balaban J connectivity index is 1.83. The van der Waals surface area contributed by atoms with Crippen molar-refractivity contribution >= 4 is 17.4 Å². The molecule has 1 atom stereocenters. The van der Waals surface area contributed by atoms with Crippen LogP contribution in [0.4, 0.5) is 0 Å². The highest BCUT2D eigenvalue weighted by Crippen LogP contribution is 2.13. The molecule has 18 heavy (non-hydrogen) atoms. The highest BCUT2D eigenvalue weighted by molar-refractivity contribution is 7.05. The second kappa shape index (κ2) is 5.77. The molecule has 1 aliphatic heterocycles. The third-order valence-electron chi connectivity index (χ3n) is 3.25. The third-order valence-corrected chi connectivity index (χ3v) is 3.95. The zero-order valence-corrected chi connectivity index (χ0v) is 11.5. The van der Waals surface area contributed by atoms with E-state index >= 15 is 0 Å². The minimum absolute atomic E-state index is 0.0881. The number of rotatable bonds is 3. The van der Waals surface area contributed by atoms with Gasteiger partial charge in [-0.15, -0.1) is 0 Å². The summed E-state index contributed by atoms with van der Waals surface area (Å²) in [5.41, 5.74) is 0.510. The molecule has 1 saturated heterocycles. The van der Waals surface area contributed by atoms with E-state index in [-0.39, 0.29) is 11.9 Å². The number of nitrogens with zero attached hydrogens (tertiary/aromatic N) is 2. The second-order valence-corrected chi connectivity index (χ2v) is 5.75. The highest BCUT2D eigenvalue weighted by atomic mass is 32.1. The van der Waals surface area contributed by atoms with Gasteiger partial charge >= 0.3 is 0 Å². The molecule has 0 spiro atoms. The topological polar surface area (TPSA) is 65.5 Å². The Morgan fingerprint density at radius 2 is 2.28 bits per heavy atom. The van der Waals surface area contributed by atoms with Crippen LogP contribution in [0.5, 0.6) is 0 Å². The molecule has 0 aliphatic carbocycles. The number of aryl methyl sites for hydroxylation is 1. The zero-order valence-electron chi connectivity index (χ0n) is 10.7. The molecule has 100 valence electrons. The van der Waals surface area contributed by atoms with Gasteiger partial charge < -0.3 is 10.4 Å². The average Bonchev–Trinajstić information content (AvgIpc) is 2.76.